The highest BCUT2D eigenvalue weighted by Crippen LogP contribution is 2.17. The van der Waals surface area contributed by atoms with Gasteiger partial charge in [0.15, 0.2) is 0 Å². The van der Waals surface area contributed by atoms with Crippen molar-refractivity contribution in [2.24, 2.45) is 0 Å². The van der Waals surface area contributed by atoms with Crippen molar-refractivity contribution in [3.8, 4) is 11.3 Å². The number of benzene rings is 2. The average Bonchev–Trinajstić information content (AvgIpc) is 3.27. The number of likely N-dealkylation sites (tertiary alicyclic amines) is 1. The number of aromatic nitrogens is 2. The second-order valence-corrected chi connectivity index (χ2v) is 7.47. The highest BCUT2D eigenvalue weighted by molar-refractivity contribution is 5.93. The fourth-order valence-electron chi connectivity index (χ4n) is 3.62. The third kappa shape index (κ3) is 5.12. The molecular formula is C23H25N5O2. The van der Waals surface area contributed by atoms with E-state index >= 15 is 0 Å². The number of rotatable bonds is 6. The Hall–Kier alpha value is -3.45. The molecule has 3 N–H and O–H groups in total. The lowest BCUT2D eigenvalue weighted by Crippen LogP contribution is -2.46. The summed E-state index contributed by atoms with van der Waals surface area (Å²) >= 11 is 0. The molecular weight excluding hydrogens is 378 g/mol. The molecule has 1 aromatic heterocycles. The summed E-state index contributed by atoms with van der Waals surface area (Å²) in [4.78, 5) is 26.9. The van der Waals surface area contributed by atoms with Crippen LogP contribution in [0.1, 0.15) is 23.3 Å². The van der Waals surface area contributed by atoms with E-state index in [1.54, 1.807) is 6.07 Å². The van der Waals surface area contributed by atoms with E-state index in [1.165, 1.54) is 0 Å². The Bertz CT molecular complexity index is 979. The van der Waals surface area contributed by atoms with Crippen molar-refractivity contribution < 1.29 is 9.59 Å². The summed E-state index contributed by atoms with van der Waals surface area (Å²) in [7, 11) is 0. The molecule has 30 heavy (non-hydrogen) atoms. The van der Waals surface area contributed by atoms with Crippen molar-refractivity contribution in [2.45, 2.75) is 18.9 Å². The number of nitrogens with one attached hydrogen (secondary N) is 3. The van der Waals surface area contributed by atoms with Gasteiger partial charge in [-0.05, 0) is 31.0 Å². The highest BCUT2D eigenvalue weighted by Gasteiger charge is 2.23. The number of amides is 2. The lowest BCUT2D eigenvalue weighted by atomic mass is 10.0. The van der Waals surface area contributed by atoms with Crippen molar-refractivity contribution in [3.63, 3.8) is 0 Å². The molecule has 0 atom stereocenters. The molecule has 2 aromatic carbocycles. The van der Waals surface area contributed by atoms with Gasteiger partial charge in [-0.1, -0.05) is 48.5 Å². The first-order chi connectivity index (χ1) is 14.7. The summed E-state index contributed by atoms with van der Waals surface area (Å²) in [5, 5.41) is 13.1. The Labute approximate surface area is 175 Å². The summed E-state index contributed by atoms with van der Waals surface area (Å²) in [6.07, 6.45) is 1.62. The molecule has 2 heterocycles. The maximum absolute atomic E-state index is 12.6. The summed E-state index contributed by atoms with van der Waals surface area (Å²) in [6.45, 7) is 1.90. The quantitative estimate of drug-likeness (QED) is 0.590. The number of carbonyl (C=O) groups excluding carboxylic acids is 2. The Morgan fingerprint density at radius 2 is 1.67 bits per heavy atom. The minimum absolute atomic E-state index is 0.0189. The van der Waals surface area contributed by atoms with Crippen LogP contribution in [-0.2, 0) is 4.79 Å². The van der Waals surface area contributed by atoms with Crippen molar-refractivity contribution in [1.82, 2.24) is 20.4 Å². The standard InChI is InChI=1S/C23H25N5O2/c29-22(24-18-9-5-2-6-10-18)16-28-13-11-19(12-14-28)25-23(30)21-15-20(26-27-21)17-7-3-1-4-8-17/h1-10,15,19H,11-14,16H2,(H,24,29)(H,25,30)(H,26,27). The van der Waals surface area contributed by atoms with E-state index in [0.29, 0.717) is 12.2 Å². The number of hydrogen-bond acceptors (Lipinski definition) is 4. The van der Waals surface area contributed by atoms with Crippen molar-refractivity contribution in [1.29, 1.82) is 0 Å². The fourth-order valence-corrected chi connectivity index (χ4v) is 3.62. The predicted octanol–water partition coefficient (Wildman–Crippen LogP) is 2.91. The first kappa shape index (κ1) is 19.8. The molecule has 0 saturated carbocycles. The molecule has 1 aliphatic rings. The molecule has 0 spiro atoms. The van der Waals surface area contributed by atoms with Gasteiger partial charge in [0.1, 0.15) is 5.69 Å². The zero-order chi connectivity index (χ0) is 20.8. The van der Waals surface area contributed by atoms with Gasteiger partial charge >= 0.3 is 0 Å². The zero-order valence-corrected chi connectivity index (χ0v) is 16.7. The van der Waals surface area contributed by atoms with Crippen LogP contribution in [0.15, 0.2) is 66.7 Å². The molecule has 1 aliphatic heterocycles. The monoisotopic (exact) mass is 403 g/mol. The van der Waals surface area contributed by atoms with Gasteiger partial charge in [-0.2, -0.15) is 5.10 Å². The lowest BCUT2D eigenvalue weighted by Gasteiger charge is -2.31. The average molecular weight is 403 g/mol. The maximum Gasteiger partial charge on any atom is 0.269 e. The molecule has 1 fully saturated rings. The molecule has 2 amide bonds. The number of aromatic amines is 1. The molecule has 7 nitrogen and oxygen atoms in total. The lowest BCUT2D eigenvalue weighted by molar-refractivity contribution is -0.117. The number of carbonyl (C=O) groups is 2. The Morgan fingerprint density at radius 3 is 2.37 bits per heavy atom. The summed E-state index contributed by atoms with van der Waals surface area (Å²) in [6, 6.07) is 21.1. The first-order valence-corrected chi connectivity index (χ1v) is 10.2. The van der Waals surface area contributed by atoms with Gasteiger partial charge in [0.25, 0.3) is 5.91 Å². The van der Waals surface area contributed by atoms with Crippen LogP contribution in [0.4, 0.5) is 5.69 Å². The number of nitrogens with zero attached hydrogens (tertiary/aromatic N) is 2. The van der Waals surface area contributed by atoms with Crippen LogP contribution in [0.2, 0.25) is 0 Å². The Balaban J connectivity index is 1.23. The second-order valence-electron chi connectivity index (χ2n) is 7.47. The van der Waals surface area contributed by atoms with Crippen LogP contribution in [0.25, 0.3) is 11.3 Å². The molecule has 1 saturated heterocycles. The largest absolute Gasteiger partial charge is 0.348 e. The van der Waals surface area contributed by atoms with Crippen molar-refractivity contribution in [3.05, 3.63) is 72.4 Å². The van der Waals surface area contributed by atoms with E-state index in [4.69, 9.17) is 0 Å². The fraction of sp³-hybridized carbons (Fsp3) is 0.261. The second kappa shape index (κ2) is 9.37. The smallest absolute Gasteiger partial charge is 0.269 e. The van der Waals surface area contributed by atoms with E-state index in [-0.39, 0.29) is 17.9 Å². The Morgan fingerprint density at radius 1 is 1.00 bits per heavy atom. The van der Waals surface area contributed by atoms with Gasteiger partial charge in [0, 0.05) is 30.4 Å². The SMILES string of the molecule is O=C(CN1CCC(NC(=O)c2cc(-c3ccccc3)n[nH]2)CC1)Nc1ccccc1. The molecule has 0 radical (unpaired) electrons. The van der Waals surface area contributed by atoms with E-state index < -0.39 is 0 Å². The van der Waals surface area contributed by atoms with Crippen LogP contribution in [-0.4, -0.2) is 52.6 Å². The van der Waals surface area contributed by atoms with E-state index in [2.05, 4.69) is 25.7 Å². The molecule has 4 rings (SSSR count). The topological polar surface area (TPSA) is 90.1 Å². The van der Waals surface area contributed by atoms with Gasteiger partial charge in [-0.3, -0.25) is 19.6 Å². The van der Waals surface area contributed by atoms with Crippen molar-refractivity contribution >= 4 is 17.5 Å². The number of para-hydroxylation sites is 1. The van der Waals surface area contributed by atoms with E-state index in [1.807, 2.05) is 60.7 Å². The molecule has 0 unspecified atom stereocenters. The summed E-state index contributed by atoms with van der Waals surface area (Å²) in [5.74, 6) is -0.167. The van der Waals surface area contributed by atoms with E-state index in [0.717, 1.165) is 42.9 Å². The Kier molecular flexibility index (Phi) is 6.20. The number of H-pyrrole nitrogens is 1. The van der Waals surface area contributed by atoms with Crippen LogP contribution in [0.3, 0.4) is 0 Å². The predicted molar refractivity (Wildman–Crippen MR) is 116 cm³/mol. The molecule has 154 valence electrons. The van der Waals surface area contributed by atoms with Crippen LogP contribution in [0, 0.1) is 0 Å². The van der Waals surface area contributed by atoms with Gasteiger partial charge in [-0.15, -0.1) is 0 Å². The van der Waals surface area contributed by atoms with Gasteiger partial charge in [0.2, 0.25) is 5.91 Å². The third-order valence-corrected chi connectivity index (χ3v) is 5.24. The van der Waals surface area contributed by atoms with E-state index in [9.17, 15) is 9.59 Å². The molecule has 0 aliphatic carbocycles. The maximum atomic E-state index is 12.6. The zero-order valence-electron chi connectivity index (χ0n) is 16.7. The number of anilines is 1. The number of hydrogen-bond donors (Lipinski definition) is 3. The van der Waals surface area contributed by atoms with Gasteiger partial charge < -0.3 is 10.6 Å². The molecule has 3 aromatic rings. The normalized spacial score (nSPS) is 14.9. The van der Waals surface area contributed by atoms with Crippen LogP contribution in [0.5, 0.6) is 0 Å². The minimum atomic E-state index is -0.148. The molecule has 0 bridgehead atoms. The molecule has 7 heteroatoms. The summed E-state index contributed by atoms with van der Waals surface area (Å²) in [5.41, 5.74) is 2.98. The third-order valence-electron chi connectivity index (χ3n) is 5.24. The van der Waals surface area contributed by atoms with Crippen LogP contribution < -0.4 is 10.6 Å². The van der Waals surface area contributed by atoms with Crippen LogP contribution >= 0.6 is 0 Å². The highest BCUT2D eigenvalue weighted by atomic mass is 16.2. The van der Waals surface area contributed by atoms with Gasteiger partial charge in [0.05, 0.1) is 12.2 Å². The number of piperidine rings is 1. The van der Waals surface area contributed by atoms with Crippen molar-refractivity contribution in [2.75, 3.05) is 25.0 Å². The summed E-state index contributed by atoms with van der Waals surface area (Å²) < 4.78 is 0. The van der Waals surface area contributed by atoms with Gasteiger partial charge in [-0.25, -0.2) is 0 Å². The minimum Gasteiger partial charge on any atom is -0.348 e. The first-order valence-electron chi connectivity index (χ1n) is 10.2.